The summed E-state index contributed by atoms with van der Waals surface area (Å²) in [6, 6.07) is 62.8. The Balaban J connectivity index is 0.000000281. The Morgan fingerprint density at radius 2 is 0.769 bits per heavy atom. The van der Waals surface area contributed by atoms with Crippen LogP contribution < -0.4 is 0 Å². The van der Waals surface area contributed by atoms with Crippen molar-refractivity contribution < 1.29 is 60.6 Å². The minimum atomic E-state index is -0.443. The molecule has 8 rings (SSSR count). The van der Waals surface area contributed by atoms with Crippen LogP contribution in [0.3, 0.4) is 0 Å². The monoisotopic (exact) mass is 1400 g/mol. The zero-order valence-electron chi connectivity index (χ0n) is 46.9. The van der Waals surface area contributed by atoms with Crippen LogP contribution in [0.25, 0.3) is 67.5 Å². The molecule has 0 aliphatic carbocycles. The first-order chi connectivity index (χ1) is 36.5. The molecule has 2 aromatic heterocycles. The number of hydrogen-bond donors (Lipinski definition) is 4. The predicted octanol–water partition coefficient (Wildman–Crippen LogP) is 16.0. The van der Waals surface area contributed by atoms with E-state index >= 15 is 0 Å². The smallest absolute Gasteiger partial charge is 0.0873 e. The molecule has 6 aromatic carbocycles. The van der Waals surface area contributed by atoms with Crippen molar-refractivity contribution in [3.05, 3.63) is 194 Å². The zero-order valence-corrected chi connectivity index (χ0v) is 51.7. The summed E-state index contributed by atoms with van der Waals surface area (Å²) in [5.74, 6) is 0. The SMILES string of the molecule is CC(C)(C)C(O)CC(O)C(C)(C)C.CCCCCCCCCC(O)CC(C)O.[Ir].[Ir].[c-]1ccccc1-c1ncc(-c2ccccc2)nc1-c1ccccc1.[c-]1ccccc1-c1ncc(-c2ccccc2)nc1-c1ccccc1. The van der Waals surface area contributed by atoms with Crippen molar-refractivity contribution >= 4 is 0 Å². The van der Waals surface area contributed by atoms with Gasteiger partial charge < -0.3 is 30.4 Å². The van der Waals surface area contributed by atoms with E-state index in [1.54, 1.807) is 6.92 Å². The van der Waals surface area contributed by atoms with E-state index in [2.05, 4.69) is 43.3 Å². The summed E-state index contributed by atoms with van der Waals surface area (Å²) in [4.78, 5) is 19.2. The van der Waals surface area contributed by atoms with Crippen LogP contribution in [0.2, 0.25) is 0 Å². The van der Waals surface area contributed by atoms with E-state index in [4.69, 9.17) is 25.0 Å². The van der Waals surface area contributed by atoms with Crippen LogP contribution in [0, 0.1) is 23.0 Å². The molecule has 4 unspecified atom stereocenters. The van der Waals surface area contributed by atoms with Gasteiger partial charge in [0, 0.05) is 81.5 Å². The van der Waals surface area contributed by atoms with E-state index in [9.17, 15) is 15.3 Å². The quantitative estimate of drug-likeness (QED) is 0.0493. The van der Waals surface area contributed by atoms with Crippen LogP contribution in [0.15, 0.2) is 182 Å². The number of rotatable bonds is 18. The maximum Gasteiger partial charge on any atom is 0.0873 e. The van der Waals surface area contributed by atoms with Crippen molar-refractivity contribution in [1.82, 2.24) is 19.9 Å². The van der Waals surface area contributed by atoms with Crippen molar-refractivity contribution in [3.63, 3.8) is 0 Å². The summed E-state index contributed by atoms with van der Waals surface area (Å²) >= 11 is 0. The molecule has 10 heteroatoms. The molecule has 0 fully saturated rings. The fourth-order valence-corrected chi connectivity index (χ4v) is 8.11. The number of aliphatic hydroxyl groups is 4. The molecule has 0 aliphatic rings. The van der Waals surface area contributed by atoms with E-state index < -0.39 is 12.2 Å². The van der Waals surface area contributed by atoms with Crippen molar-refractivity contribution in [2.45, 2.75) is 144 Å². The van der Waals surface area contributed by atoms with Crippen molar-refractivity contribution in [1.29, 1.82) is 0 Å². The van der Waals surface area contributed by atoms with Gasteiger partial charge in [0.05, 0.1) is 47.2 Å². The van der Waals surface area contributed by atoms with Gasteiger partial charge in [0.25, 0.3) is 0 Å². The van der Waals surface area contributed by atoms with Gasteiger partial charge in [-0.3, -0.25) is 9.97 Å². The normalized spacial score (nSPS) is 12.5. The summed E-state index contributed by atoms with van der Waals surface area (Å²) in [6.45, 7) is 15.8. The summed E-state index contributed by atoms with van der Waals surface area (Å²) in [5, 5.41) is 38.1. The van der Waals surface area contributed by atoms with Gasteiger partial charge in [-0.25, -0.2) is 0 Å². The standard InChI is InChI=1S/2C22H15N2.C13H28O2.C11H24O2.2Ir/c2*1-4-10-17(11-5-1)20-16-23-21(18-12-6-2-7-13-18)22(24-20)19-14-8-3-9-15-19;1-3-4-5-6-7-8-9-10-13(15)11-12(2)14;1-10(2,3)8(12)7-9(13)11(4,5)6;;/h2*1-12,14-16H;12-15H,3-11H2,1-2H3;8-9,12-13H,7H2,1-6H3;;/q2*-1;;;;. The first-order valence-electron chi connectivity index (χ1n) is 27.2. The molecule has 4 atom stereocenters. The summed E-state index contributed by atoms with van der Waals surface area (Å²) in [7, 11) is 0. The molecule has 0 saturated carbocycles. The van der Waals surface area contributed by atoms with Crippen molar-refractivity contribution in [2.75, 3.05) is 0 Å². The van der Waals surface area contributed by atoms with Crippen LogP contribution in [-0.2, 0) is 40.2 Å². The van der Waals surface area contributed by atoms with E-state index in [0.717, 1.165) is 80.4 Å². The predicted molar refractivity (Wildman–Crippen MR) is 315 cm³/mol. The average Bonchev–Trinajstić information content (AvgIpc) is 3.44. The van der Waals surface area contributed by atoms with Crippen LogP contribution in [-0.4, -0.2) is 64.8 Å². The molecule has 4 N–H and O–H groups in total. The van der Waals surface area contributed by atoms with Gasteiger partial charge in [-0.05, 0) is 41.7 Å². The Morgan fingerprint density at radius 1 is 0.423 bits per heavy atom. The molecule has 2 radical (unpaired) electrons. The number of hydrogen-bond acceptors (Lipinski definition) is 8. The Kier molecular flexibility index (Phi) is 30.3. The van der Waals surface area contributed by atoms with Crippen LogP contribution in [0.4, 0.5) is 0 Å². The van der Waals surface area contributed by atoms with E-state index in [-0.39, 0.29) is 63.2 Å². The van der Waals surface area contributed by atoms with Gasteiger partial charge in [-0.2, -0.15) is 0 Å². The van der Waals surface area contributed by atoms with Gasteiger partial charge in [0.15, 0.2) is 0 Å². The third kappa shape index (κ3) is 23.1. The second-order valence-corrected chi connectivity index (χ2v) is 21.6. The Hall–Kier alpha value is -5.38. The fraction of sp³-hybridized carbons (Fsp3) is 0.353. The van der Waals surface area contributed by atoms with E-state index in [0.29, 0.717) is 12.8 Å². The summed E-state index contributed by atoms with van der Waals surface area (Å²) in [6.07, 6.45) is 12.9. The minimum absolute atomic E-state index is 0. The average molecular weight is 1400 g/mol. The third-order valence-corrected chi connectivity index (χ3v) is 12.9. The molecule has 78 heavy (non-hydrogen) atoms. The summed E-state index contributed by atoms with van der Waals surface area (Å²) < 4.78 is 0. The number of aliphatic hydroxyl groups excluding tert-OH is 4. The molecule has 8 nitrogen and oxygen atoms in total. The van der Waals surface area contributed by atoms with Crippen molar-refractivity contribution in [2.24, 2.45) is 10.8 Å². The van der Waals surface area contributed by atoms with Gasteiger partial charge >= 0.3 is 0 Å². The molecule has 0 aliphatic heterocycles. The topological polar surface area (TPSA) is 132 Å². The largest absolute Gasteiger partial charge is 0.393 e. The molecular formula is C68H82Ir2N4O4-2. The van der Waals surface area contributed by atoms with E-state index in [1.807, 2.05) is 200 Å². The van der Waals surface area contributed by atoms with Gasteiger partial charge in [-0.15, -0.1) is 71.8 Å². The second-order valence-electron chi connectivity index (χ2n) is 21.6. The number of benzene rings is 6. The maximum absolute atomic E-state index is 9.76. The van der Waals surface area contributed by atoms with Gasteiger partial charge in [0.1, 0.15) is 0 Å². The number of nitrogens with zero attached hydrogens (tertiary/aromatic N) is 4. The molecule has 0 amide bonds. The second kappa shape index (κ2) is 35.3. The fourth-order valence-electron chi connectivity index (χ4n) is 8.11. The van der Waals surface area contributed by atoms with Crippen LogP contribution in [0.5, 0.6) is 0 Å². The van der Waals surface area contributed by atoms with Crippen LogP contribution in [0.1, 0.15) is 120 Å². The Labute approximate surface area is 494 Å². The molecule has 418 valence electrons. The molecule has 0 spiro atoms. The first-order valence-corrected chi connectivity index (χ1v) is 27.2. The minimum Gasteiger partial charge on any atom is -0.393 e. The van der Waals surface area contributed by atoms with Gasteiger partial charge in [-0.1, -0.05) is 215 Å². The molecular weight excluding hydrogens is 1320 g/mol. The molecule has 0 saturated heterocycles. The third-order valence-electron chi connectivity index (χ3n) is 12.9. The maximum atomic E-state index is 9.76. The molecule has 0 bridgehead atoms. The van der Waals surface area contributed by atoms with E-state index in [1.165, 1.54) is 38.5 Å². The zero-order chi connectivity index (χ0) is 54.8. The summed E-state index contributed by atoms with van der Waals surface area (Å²) in [5.41, 5.74) is 11.0. The molecule has 2 heterocycles. The molecule has 8 aromatic rings. The number of aromatic nitrogens is 4. The Bertz CT molecular complexity index is 2630. The van der Waals surface area contributed by atoms with Crippen LogP contribution >= 0.6 is 0 Å². The number of unbranched alkanes of at least 4 members (excludes halogenated alkanes) is 6. The Morgan fingerprint density at radius 3 is 1.10 bits per heavy atom. The first kappa shape index (κ1) is 66.9. The van der Waals surface area contributed by atoms with Crippen molar-refractivity contribution in [3.8, 4) is 67.5 Å². The van der Waals surface area contributed by atoms with Gasteiger partial charge in [0.2, 0.25) is 0 Å².